The van der Waals surface area contributed by atoms with Crippen LogP contribution in [0, 0.1) is 0 Å². The van der Waals surface area contributed by atoms with Gasteiger partial charge in [-0.3, -0.25) is 14.3 Å². The zero-order valence-corrected chi connectivity index (χ0v) is 18.0. The lowest BCUT2D eigenvalue weighted by Gasteiger charge is -2.40. The number of halogens is 2. The van der Waals surface area contributed by atoms with Crippen molar-refractivity contribution in [1.29, 1.82) is 0 Å². The molecule has 2 aromatic carbocycles. The van der Waals surface area contributed by atoms with E-state index in [1.165, 1.54) is 4.68 Å². The smallest absolute Gasteiger partial charge is 0.276 e. The zero-order valence-electron chi connectivity index (χ0n) is 18.0. The first-order valence-corrected chi connectivity index (χ1v) is 10.9. The molecule has 3 aromatic rings. The lowest BCUT2D eigenvalue weighted by molar-refractivity contribution is -0.0181. The number of amides is 1. The topological polar surface area (TPSA) is 75.4 Å². The number of carbonyl (C=O) groups excluding carboxylic acids is 1. The van der Waals surface area contributed by atoms with Crippen molar-refractivity contribution in [1.82, 2.24) is 14.7 Å². The maximum Gasteiger partial charge on any atom is 0.276 e. The Kier molecular flexibility index (Phi) is 5.03. The van der Waals surface area contributed by atoms with Crippen LogP contribution in [-0.2, 0) is 12.8 Å². The highest BCUT2D eigenvalue weighted by Gasteiger charge is 2.43. The standard InChI is InChI=1S/C25H23F2N3O3/c1-25(26,27)14-29-13-19(30-22(24(29)33)23(32)20(31)12-28-30)21-17-8-4-2-6-15(17)10-11-16-7-3-5-9-18(16)21/h2-9,12,19,21,32H,10-11,13-14H2,1H3. The molecule has 1 unspecified atom stereocenters. The summed E-state index contributed by atoms with van der Waals surface area (Å²) in [5.74, 6) is -5.04. The molecule has 1 aliphatic heterocycles. The fourth-order valence-corrected chi connectivity index (χ4v) is 5.15. The Labute approximate surface area is 189 Å². The van der Waals surface area contributed by atoms with Gasteiger partial charge in [-0.15, -0.1) is 0 Å². The molecule has 1 atom stereocenters. The summed E-state index contributed by atoms with van der Waals surface area (Å²) < 4.78 is 29.4. The van der Waals surface area contributed by atoms with Crippen molar-refractivity contribution < 1.29 is 18.7 Å². The average Bonchev–Trinajstić information content (AvgIpc) is 2.94. The van der Waals surface area contributed by atoms with Gasteiger partial charge in [0.05, 0.1) is 18.8 Å². The molecule has 2 aliphatic rings. The van der Waals surface area contributed by atoms with Crippen molar-refractivity contribution in [2.75, 3.05) is 13.1 Å². The van der Waals surface area contributed by atoms with E-state index in [0.29, 0.717) is 0 Å². The summed E-state index contributed by atoms with van der Waals surface area (Å²) in [4.78, 5) is 26.2. The number of hydrogen-bond acceptors (Lipinski definition) is 4. The molecule has 0 saturated heterocycles. The van der Waals surface area contributed by atoms with Crippen molar-refractivity contribution in [3.05, 3.63) is 92.9 Å². The molecule has 0 bridgehead atoms. The van der Waals surface area contributed by atoms with Gasteiger partial charge in [-0.1, -0.05) is 48.5 Å². The first-order chi connectivity index (χ1) is 15.7. The van der Waals surface area contributed by atoms with Crippen LogP contribution >= 0.6 is 0 Å². The van der Waals surface area contributed by atoms with Crippen molar-refractivity contribution in [3.63, 3.8) is 0 Å². The molecule has 1 aliphatic carbocycles. The van der Waals surface area contributed by atoms with Gasteiger partial charge in [-0.25, -0.2) is 8.78 Å². The van der Waals surface area contributed by atoms with Crippen molar-refractivity contribution in [2.45, 2.75) is 37.6 Å². The number of rotatable bonds is 3. The second-order valence-electron chi connectivity index (χ2n) is 8.85. The Bertz CT molecular complexity index is 1250. The molecule has 8 heteroatoms. The number of nitrogens with zero attached hydrogens (tertiary/aromatic N) is 3. The number of hydrogen-bond donors (Lipinski definition) is 1. The molecule has 0 fully saturated rings. The Hall–Kier alpha value is -3.55. The number of aromatic hydroxyl groups is 1. The summed E-state index contributed by atoms with van der Waals surface area (Å²) in [6, 6.07) is 15.3. The maximum absolute atomic E-state index is 14.0. The van der Waals surface area contributed by atoms with Crippen LogP contribution in [0.5, 0.6) is 5.75 Å². The normalized spacial score (nSPS) is 18.3. The number of benzene rings is 2. The number of fused-ring (bicyclic) bond motifs is 3. The summed E-state index contributed by atoms with van der Waals surface area (Å²) in [6.45, 7) is -0.102. The van der Waals surface area contributed by atoms with Gasteiger partial charge >= 0.3 is 0 Å². The van der Waals surface area contributed by atoms with Gasteiger partial charge in [-0.05, 0) is 35.1 Å². The number of aromatic nitrogens is 2. The highest BCUT2D eigenvalue weighted by Crippen LogP contribution is 2.44. The Morgan fingerprint density at radius 1 is 1.03 bits per heavy atom. The fourth-order valence-electron chi connectivity index (χ4n) is 5.15. The highest BCUT2D eigenvalue weighted by molar-refractivity contribution is 5.95. The average molecular weight is 451 g/mol. The van der Waals surface area contributed by atoms with Gasteiger partial charge in [0.2, 0.25) is 5.43 Å². The monoisotopic (exact) mass is 451 g/mol. The lowest BCUT2D eigenvalue weighted by atomic mass is 9.81. The Balaban J connectivity index is 1.75. The van der Waals surface area contributed by atoms with Crippen LogP contribution in [0.1, 0.15) is 51.6 Å². The minimum absolute atomic E-state index is 0.0299. The molecule has 1 N–H and O–H groups in total. The molecule has 1 amide bonds. The van der Waals surface area contributed by atoms with E-state index in [1.807, 2.05) is 36.4 Å². The van der Waals surface area contributed by atoms with Gasteiger partial charge in [0.15, 0.2) is 11.4 Å². The molecular formula is C25H23F2N3O3. The number of aryl methyl sites for hydroxylation is 2. The second kappa shape index (κ2) is 7.79. The molecule has 170 valence electrons. The molecule has 2 heterocycles. The molecule has 0 saturated carbocycles. The van der Waals surface area contributed by atoms with Crippen LogP contribution in [0.4, 0.5) is 8.78 Å². The van der Waals surface area contributed by atoms with Crippen LogP contribution in [0.3, 0.4) is 0 Å². The third-order valence-electron chi connectivity index (χ3n) is 6.49. The first kappa shape index (κ1) is 21.3. The van der Waals surface area contributed by atoms with Crippen LogP contribution in [0.2, 0.25) is 0 Å². The largest absolute Gasteiger partial charge is 0.502 e. The summed E-state index contributed by atoms with van der Waals surface area (Å²) in [6.07, 6.45) is 2.61. The minimum Gasteiger partial charge on any atom is -0.502 e. The molecule has 6 nitrogen and oxygen atoms in total. The van der Waals surface area contributed by atoms with Gasteiger partial charge < -0.3 is 10.0 Å². The van der Waals surface area contributed by atoms with Gasteiger partial charge in [0.1, 0.15) is 0 Å². The zero-order chi connectivity index (χ0) is 23.3. The van der Waals surface area contributed by atoms with Gasteiger partial charge in [0.25, 0.3) is 11.8 Å². The summed E-state index contributed by atoms with van der Waals surface area (Å²) >= 11 is 0. The van der Waals surface area contributed by atoms with Gasteiger partial charge in [-0.2, -0.15) is 5.10 Å². The van der Waals surface area contributed by atoms with E-state index in [9.17, 15) is 23.5 Å². The maximum atomic E-state index is 14.0. The molecular weight excluding hydrogens is 428 g/mol. The Morgan fingerprint density at radius 2 is 1.61 bits per heavy atom. The third-order valence-corrected chi connectivity index (χ3v) is 6.49. The van der Waals surface area contributed by atoms with Crippen LogP contribution in [0.25, 0.3) is 0 Å². The molecule has 0 radical (unpaired) electrons. The van der Waals surface area contributed by atoms with Crippen molar-refractivity contribution in [2.24, 2.45) is 0 Å². The fraction of sp³-hybridized carbons (Fsp3) is 0.320. The number of carbonyl (C=O) groups is 1. The third kappa shape index (κ3) is 3.69. The predicted octanol–water partition coefficient (Wildman–Crippen LogP) is 3.53. The van der Waals surface area contributed by atoms with E-state index in [2.05, 4.69) is 17.2 Å². The van der Waals surface area contributed by atoms with Crippen molar-refractivity contribution in [3.8, 4) is 5.75 Å². The second-order valence-corrected chi connectivity index (χ2v) is 8.85. The summed E-state index contributed by atoms with van der Waals surface area (Å²) in [5.41, 5.74) is 3.15. The predicted molar refractivity (Wildman–Crippen MR) is 118 cm³/mol. The van der Waals surface area contributed by atoms with E-state index >= 15 is 0 Å². The molecule has 0 spiro atoms. The summed E-state index contributed by atoms with van der Waals surface area (Å²) in [5, 5.41) is 14.7. The summed E-state index contributed by atoms with van der Waals surface area (Å²) in [7, 11) is 0. The SMILES string of the molecule is CC(F)(F)CN1CC(C2c3ccccc3CCc3ccccc32)n2ncc(=O)c(O)c2C1=O. The van der Waals surface area contributed by atoms with E-state index in [4.69, 9.17) is 0 Å². The van der Waals surface area contributed by atoms with E-state index < -0.39 is 35.6 Å². The molecule has 1 aromatic heterocycles. The van der Waals surface area contributed by atoms with Gasteiger partial charge in [0, 0.05) is 19.4 Å². The van der Waals surface area contributed by atoms with Crippen LogP contribution < -0.4 is 5.43 Å². The first-order valence-electron chi connectivity index (χ1n) is 10.9. The lowest BCUT2D eigenvalue weighted by Crippen LogP contribution is -2.50. The van der Waals surface area contributed by atoms with Crippen LogP contribution in [-0.4, -0.2) is 44.7 Å². The van der Waals surface area contributed by atoms with E-state index in [1.54, 1.807) is 0 Å². The Morgan fingerprint density at radius 3 is 2.18 bits per heavy atom. The molecule has 33 heavy (non-hydrogen) atoms. The van der Waals surface area contributed by atoms with E-state index in [0.717, 1.165) is 53.1 Å². The van der Waals surface area contributed by atoms with Crippen LogP contribution in [0.15, 0.2) is 59.5 Å². The molecule has 5 rings (SSSR count). The number of alkyl halides is 2. The quantitative estimate of drug-likeness (QED) is 0.661. The highest BCUT2D eigenvalue weighted by atomic mass is 19.3. The minimum atomic E-state index is -3.14. The van der Waals surface area contributed by atoms with Crippen molar-refractivity contribution >= 4 is 5.91 Å². The van der Waals surface area contributed by atoms with E-state index in [-0.39, 0.29) is 18.2 Å².